The van der Waals surface area contributed by atoms with Gasteiger partial charge in [-0.25, -0.2) is 9.97 Å². The number of aryl methyl sites for hydroxylation is 1. The fourth-order valence-electron chi connectivity index (χ4n) is 6.40. The van der Waals surface area contributed by atoms with Crippen molar-refractivity contribution in [2.45, 2.75) is 65.0 Å². The third-order valence-corrected chi connectivity index (χ3v) is 13.6. The van der Waals surface area contributed by atoms with Gasteiger partial charge in [0.15, 0.2) is 0 Å². The molecule has 7 aromatic rings. The van der Waals surface area contributed by atoms with E-state index < -0.39 is 0 Å². The van der Waals surface area contributed by atoms with E-state index in [1.807, 2.05) is 70.0 Å². The van der Waals surface area contributed by atoms with Crippen LogP contribution in [-0.2, 0) is 33.9 Å². The second-order valence-corrected chi connectivity index (χ2v) is 18.6. The van der Waals surface area contributed by atoms with E-state index in [4.69, 9.17) is 23.2 Å². The lowest BCUT2D eigenvalue weighted by Crippen LogP contribution is -2.23. The van der Waals surface area contributed by atoms with Gasteiger partial charge in [0, 0.05) is 83.0 Å². The van der Waals surface area contributed by atoms with Gasteiger partial charge in [-0.3, -0.25) is 29.3 Å². The molecule has 0 spiro atoms. The summed E-state index contributed by atoms with van der Waals surface area (Å²) in [6, 6.07) is 19.5. The van der Waals surface area contributed by atoms with Crippen molar-refractivity contribution >= 4 is 116 Å². The van der Waals surface area contributed by atoms with Crippen LogP contribution in [0.1, 0.15) is 62.1 Å². The van der Waals surface area contributed by atoms with E-state index in [9.17, 15) is 14.4 Å². The summed E-state index contributed by atoms with van der Waals surface area (Å²) in [6.45, 7) is 6.07. The minimum atomic E-state index is 0.204. The highest BCUT2D eigenvalue weighted by Gasteiger charge is 2.21. The van der Waals surface area contributed by atoms with E-state index in [0.717, 1.165) is 113 Å². The Morgan fingerprint density at radius 3 is 1.69 bits per heavy atom. The van der Waals surface area contributed by atoms with E-state index in [-0.39, 0.29) is 17.7 Å². The SMILES string of the molecule is CCc1ccc(Br)nc1.Clc1ccnc2ccsc12.O=C1CCCN1.O=C1CCCN1Cc1ccc(-c2cc3nccc(Cl)c3s2)nc1.O=C1CCCN1Cc1ccc(Br)nc1. The minimum absolute atomic E-state index is 0.204. The lowest BCUT2D eigenvalue weighted by atomic mass is 10.2. The first-order chi connectivity index (χ1) is 30.1. The summed E-state index contributed by atoms with van der Waals surface area (Å²) in [5, 5.41) is 6.18. The Bertz CT molecular complexity index is 2550. The first-order valence-electron chi connectivity index (χ1n) is 20.1. The molecule has 3 aliphatic heterocycles. The molecule has 11 nitrogen and oxygen atoms in total. The van der Waals surface area contributed by atoms with Gasteiger partial charge in [0.05, 0.1) is 41.0 Å². The molecule has 0 radical (unpaired) electrons. The minimum Gasteiger partial charge on any atom is -0.356 e. The first kappa shape index (κ1) is 47.1. The number of halogens is 4. The second-order valence-electron chi connectivity index (χ2n) is 14.2. The Morgan fingerprint density at radius 1 is 0.661 bits per heavy atom. The van der Waals surface area contributed by atoms with Crippen LogP contribution in [0.25, 0.3) is 31.0 Å². The molecule has 0 saturated carbocycles. The van der Waals surface area contributed by atoms with E-state index in [1.54, 1.807) is 53.4 Å². The fraction of sp³-hybridized carbons (Fsp3) is 0.289. The van der Waals surface area contributed by atoms with Crippen molar-refractivity contribution in [1.82, 2.24) is 40.0 Å². The molecule has 3 aliphatic rings. The van der Waals surface area contributed by atoms with Gasteiger partial charge in [0.25, 0.3) is 0 Å². The molecule has 322 valence electrons. The Labute approximate surface area is 395 Å². The molecule has 3 fully saturated rings. The Balaban J connectivity index is 0.000000140. The van der Waals surface area contributed by atoms with E-state index in [0.29, 0.717) is 25.9 Å². The smallest absolute Gasteiger partial charge is 0.222 e. The van der Waals surface area contributed by atoms with Crippen LogP contribution in [0, 0.1) is 0 Å². The number of nitrogens with one attached hydrogen (secondary N) is 1. The summed E-state index contributed by atoms with van der Waals surface area (Å²) in [4.78, 5) is 59.2. The van der Waals surface area contributed by atoms with Crippen molar-refractivity contribution < 1.29 is 14.4 Å². The standard InChI is InChI=1S/C17H14ClN3OS.C10H11BrN2O.C7H8BrN.C7H4ClNS.C4H7NO/c18-12-5-6-19-14-8-15(23-17(12)14)13-4-3-11(9-20-13)10-21-7-1-2-16(21)22;11-9-4-3-8(6-12-9)7-13-5-1-2-10(13)14;1-2-6-3-4-7(8)9-5-6;8-5-1-3-9-6-2-4-10-7(5)6;6-4-2-1-3-5-4/h3-6,8-9H,1-2,7,10H2;3-4,6H,1-2,5,7H2;3-5H,2H2,1H3;1-4H;1-3H2,(H,5,6). The Kier molecular flexibility index (Phi) is 18.2. The lowest BCUT2D eigenvalue weighted by Gasteiger charge is -2.15. The summed E-state index contributed by atoms with van der Waals surface area (Å²) in [5.74, 6) is 0.696. The number of rotatable bonds is 6. The molecule has 10 heterocycles. The van der Waals surface area contributed by atoms with Crippen LogP contribution in [0.3, 0.4) is 0 Å². The molecule has 0 bridgehead atoms. The predicted molar refractivity (Wildman–Crippen MR) is 257 cm³/mol. The molecule has 0 aromatic carbocycles. The predicted octanol–water partition coefficient (Wildman–Crippen LogP) is 11.4. The van der Waals surface area contributed by atoms with Crippen molar-refractivity contribution in [3.05, 3.63) is 133 Å². The number of fused-ring (bicyclic) bond motifs is 2. The largest absolute Gasteiger partial charge is 0.356 e. The molecule has 3 saturated heterocycles. The van der Waals surface area contributed by atoms with Crippen LogP contribution in [0.5, 0.6) is 0 Å². The van der Waals surface area contributed by atoms with Gasteiger partial charge >= 0.3 is 0 Å². The maximum absolute atomic E-state index is 11.7. The molecule has 3 amide bonds. The normalized spacial score (nSPS) is 14.3. The quantitative estimate of drug-likeness (QED) is 0.163. The maximum atomic E-state index is 11.7. The highest BCUT2D eigenvalue weighted by atomic mass is 79.9. The van der Waals surface area contributed by atoms with Crippen molar-refractivity contribution in [2.75, 3.05) is 19.6 Å². The lowest BCUT2D eigenvalue weighted by molar-refractivity contribution is -0.129. The Morgan fingerprint density at radius 2 is 1.24 bits per heavy atom. The van der Waals surface area contributed by atoms with E-state index in [1.165, 1.54) is 5.56 Å². The number of amides is 3. The molecule has 0 unspecified atom stereocenters. The zero-order chi connectivity index (χ0) is 43.8. The van der Waals surface area contributed by atoms with Crippen molar-refractivity contribution in [3.8, 4) is 10.6 Å². The van der Waals surface area contributed by atoms with Crippen molar-refractivity contribution in [3.63, 3.8) is 0 Å². The number of aromatic nitrogens is 5. The van der Waals surface area contributed by atoms with Gasteiger partial charge in [-0.15, -0.1) is 22.7 Å². The summed E-state index contributed by atoms with van der Waals surface area (Å²) >= 11 is 21.8. The maximum Gasteiger partial charge on any atom is 0.222 e. The molecule has 17 heteroatoms. The number of hydrogen-bond acceptors (Lipinski definition) is 10. The van der Waals surface area contributed by atoms with Crippen LogP contribution >= 0.6 is 77.7 Å². The molecular weight excluding hydrogens is 995 g/mol. The number of carbonyl (C=O) groups excluding carboxylic acids is 3. The average molecular weight is 1040 g/mol. The summed E-state index contributed by atoms with van der Waals surface area (Å²) in [6.07, 6.45) is 15.1. The number of likely N-dealkylation sites (tertiary alicyclic amines) is 2. The number of hydrogen-bond donors (Lipinski definition) is 1. The van der Waals surface area contributed by atoms with Gasteiger partial charge in [0.1, 0.15) is 9.21 Å². The van der Waals surface area contributed by atoms with Crippen molar-refractivity contribution in [1.29, 1.82) is 0 Å². The third-order valence-electron chi connectivity index (χ3n) is 9.71. The van der Waals surface area contributed by atoms with Gasteiger partial charge < -0.3 is 15.1 Å². The summed E-state index contributed by atoms with van der Waals surface area (Å²) < 4.78 is 3.79. The fourth-order valence-corrected chi connectivity index (χ4v) is 9.18. The average Bonchev–Trinajstić information content (AvgIpc) is 4.15. The number of pyridine rings is 5. The highest BCUT2D eigenvalue weighted by molar-refractivity contribution is 9.10. The van der Waals surface area contributed by atoms with E-state index >= 15 is 0 Å². The van der Waals surface area contributed by atoms with Crippen LogP contribution in [-0.4, -0.2) is 72.1 Å². The van der Waals surface area contributed by atoms with Gasteiger partial charge in [-0.1, -0.05) is 48.3 Å². The zero-order valence-corrected chi connectivity index (χ0v) is 40.2. The van der Waals surface area contributed by atoms with Crippen LogP contribution < -0.4 is 5.32 Å². The van der Waals surface area contributed by atoms with Gasteiger partial charge in [-0.05, 0) is 122 Å². The number of thiophene rings is 2. The van der Waals surface area contributed by atoms with Crippen molar-refractivity contribution in [2.24, 2.45) is 0 Å². The van der Waals surface area contributed by atoms with Crippen LogP contribution in [0.15, 0.2) is 106 Å². The number of carbonyl (C=O) groups is 3. The Hall–Kier alpha value is -4.38. The molecule has 10 rings (SSSR count). The van der Waals surface area contributed by atoms with Crippen LogP contribution in [0.4, 0.5) is 0 Å². The first-order valence-corrected chi connectivity index (χ1v) is 24.1. The number of nitrogens with zero attached hydrogens (tertiary/aromatic N) is 7. The third kappa shape index (κ3) is 14.1. The topological polar surface area (TPSA) is 134 Å². The summed E-state index contributed by atoms with van der Waals surface area (Å²) in [7, 11) is 0. The zero-order valence-electron chi connectivity index (χ0n) is 33.9. The molecular formula is C45H44Br2Cl2N8O3S2. The molecule has 62 heavy (non-hydrogen) atoms. The second kappa shape index (κ2) is 23.9. The van der Waals surface area contributed by atoms with Gasteiger partial charge in [-0.2, -0.15) is 0 Å². The molecule has 0 atom stereocenters. The molecule has 7 aromatic heterocycles. The highest BCUT2D eigenvalue weighted by Crippen LogP contribution is 2.35. The molecule has 0 aliphatic carbocycles. The molecule has 1 N–H and O–H groups in total. The summed E-state index contributed by atoms with van der Waals surface area (Å²) in [5.41, 5.74) is 6.20. The van der Waals surface area contributed by atoms with Crippen LogP contribution in [0.2, 0.25) is 10.0 Å². The monoisotopic (exact) mass is 1040 g/mol. The van der Waals surface area contributed by atoms with E-state index in [2.05, 4.69) is 75.1 Å². The van der Waals surface area contributed by atoms with Gasteiger partial charge in [0.2, 0.25) is 17.7 Å².